The highest BCUT2D eigenvalue weighted by molar-refractivity contribution is 4.38. The van der Waals surface area contributed by atoms with Gasteiger partial charge in [0.15, 0.2) is 0 Å². The SMILES string of the molecule is [2H]N(C)CCN([2H])C. The van der Waals surface area contributed by atoms with E-state index in [9.17, 15) is 0 Å². The maximum absolute atomic E-state index is 6.89. The van der Waals surface area contributed by atoms with Crippen molar-refractivity contribution in [2.75, 3.05) is 27.2 Å². The van der Waals surface area contributed by atoms with Gasteiger partial charge < -0.3 is 10.6 Å². The first-order valence-electron chi connectivity index (χ1n) is 2.92. The molecule has 0 fully saturated rings. The summed E-state index contributed by atoms with van der Waals surface area (Å²) in [7, 11) is 3.34. The molecule has 2 nitrogen and oxygen atoms in total. The Morgan fingerprint density at radius 1 is 1.33 bits per heavy atom. The average molecular weight is 90.2 g/mol. The molecule has 2 N–H and O–H groups in total. The van der Waals surface area contributed by atoms with Crippen LogP contribution in [0.5, 0.6) is 0 Å². The van der Waals surface area contributed by atoms with Gasteiger partial charge in [0, 0.05) is 13.1 Å². The van der Waals surface area contributed by atoms with Crippen LogP contribution in [0.1, 0.15) is 0 Å². The lowest BCUT2D eigenvalue weighted by molar-refractivity contribution is 0.718. The summed E-state index contributed by atoms with van der Waals surface area (Å²) in [6.45, 7) is 1.25. The highest BCUT2D eigenvalue weighted by Gasteiger charge is 1.70. The number of rotatable bonds is 3. The Hall–Kier alpha value is -0.0800. The van der Waals surface area contributed by atoms with Gasteiger partial charge in [-0.3, -0.25) is 0 Å². The third-order valence-electron chi connectivity index (χ3n) is 0.547. The maximum atomic E-state index is 6.89. The van der Waals surface area contributed by atoms with E-state index in [-0.39, 0.29) is 0 Å². The zero-order valence-corrected chi connectivity index (χ0v) is 4.31. The molecule has 0 atom stereocenters. The van der Waals surface area contributed by atoms with E-state index in [1.165, 1.54) is 10.6 Å². The summed E-state index contributed by atoms with van der Waals surface area (Å²) < 4.78 is 13.8. The van der Waals surface area contributed by atoms with Crippen LogP contribution in [0.25, 0.3) is 0 Å². The third kappa shape index (κ3) is 3.92. The lowest BCUT2D eigenvalue weighted by Gasteiger charge is -1.92. The summed E-state index contributed by atoms with van der Waals surface area (Å²) in [6, 6.07) is 0. The molecule has 0 aromatic carbocycles. The van der Waals surface area contributed by atoms with Crippen molar-refractivity contribution in [3.8, 4) is 0 Å². The highest BCUT2D eigenvalue weighted by Crippen LogP contribution is 1.45. The van der Waals surface area contributed by atoms with E-state index in [1.807, 2.05) is 0 Å². The van der Waals surface area contributed by atoms with Crippen molar-refractivity contribution < 1.29 is 2.82 Å². The first kappa shape index (κ1) is 2.99. The normalized spacial score (nSPS) is 15.3. The fraction of sp³-hybridized carbons (Fsp3) is 1.00. The van der Waals surface area contributed by atoms with Crippen LogP contribution in [0.15, 0.2) is 0 Å². The van der Waals surface area contributed by atoms with Gasteiger partial charge in [-0.15, -0.1) is 0 Å². The highest BCUT2D eigenvalue weighted by atomic mass is 14.9. The van der Waals surface area contributed by atoms with Crippen LogP contribution in [0, 0.1) is 0 Å². The summed E-state index contributed by atoms with van der Waals surface area (Å²) in [5, 5.41) is 2.62. The summed E-state index contributed by atoms with van der Waals surface area (Å²) in [4.78, 5) is 0. The Kier molecular flexibility index (Phi) is 2.45. The lowest BCUT2D eigenvalue weighted by Crippen LogP contribution is -2.21. The van der Waals surface area contributed by atoms with Crippen molar-refractivity contribution in [1.29, 1.82) is 0 Å². The van der Waals surface area contributed by atoms with Crippen molar-refractivity contribution in [1.82, 2.24) is 10.6 Å². The molecule has 0 bridgehead atoms. The summed E-state index contributed by atoms with van der Waals surface area (Å²) in [5.41, 5.74) is 0. The van der Waals surface area contributed by atoms with Crippen LogP contribution in [0.3, 0.4) is 0 Å². The van der Waals surface area contributed by atoms with E-state index in [1.54, 1.807) is 14.1 Å². The monoisotopic (exact) mass is 90.1 g/mol. The number of hydrogen-bond donors (Lipinski definition) is 2. The zero-order valence-electron chi connectivity index (χ0n) is 6.31. The molecule has 0 rings (SSSR count). The minimum Gasteiger partial charge on any atom is -0.318 e. The molecule has 2 heteroatoms. The van der Waals surface area contributed by atoms with Crippen molar-refractivity contribution in [3.63, 3.8) is 0 Å². The Morgan fingerprint density at radius 3 is 1.83 bits per heavy atom. The fourth-order valence-electron chi connectivity index (χ4n) is 0.200. The molecule has 0 heterocycles. The molecule has 0 aromatic rings. The predicted octanol–water partition coefficient (Wildman–Crippen LogP) is -0.575. The minimum absolute atomic E-state index is 0.625. The van der Waals surface area contributed by atoms with Gasteiger partial charge in [0.1, 0.15) is 2.82 Å². The summed E-state index contributed by atoms with van der Waals surface area (Å²) >= 11 is 0. The molecule has 0 radical (unpaired) electrons. The van der Waals surface area contributed by atoms with Gasteiger partial charge in [0.05, 0.1) is 0 Å². The second kappa shape index (κ2) is 4.92. The molecule has 38 valence electrons. The third-order valence-corrected chi connectivity index (χ3v) is 0.547. The van der Waals surface area contributed by atoms with Crippen LogP contribution in [0.2, 0.25) is 2.82 Å². The predicted molar refractivity (Wildman–Crippen MR) is 27.9 cm³/mol. The van der Waals surface area contributed by atoms with Crippen molar-refractivity contribution in [3.05, 3.63) is 0 Å². The first-order valence-corrected chi connectivity index (χ1v) is 2.03. The molecule has 0 saturated heterocycles. The smallest absolute Gasteiger partial charge is 0.122 e. The Morgan fingerprint density at radius 2 is 1.67 bits per heavy atom. The van der Waals surface area contributed by atoms with Crippen molar-refractivity contribution >= 4 is 0 Å². The summed E-state index contributed by atoms with van der Waals surface area (Å²) in [6.07, 6.45) is 0. The maximum Gasteiger partial charge on any atom is 0.122 e. The standard InChI is InChI=1S/C4H12N2/c1-5-3-4-6-2/h5-6H,3-4H2,1-2H3/i/hD2. The van der Waals surface area contributed by atoms with E-state index in [2.05, 4.69) is 0 Å². The van der Waals surface area contributed by atoms with Gasteiger partial charge in [-0.2, -0.15) is 0 Å². The van der Waals surface area contributed by atoms with Gasteiger partial charge in [0.25, 0.3) is 0 Å². The minimum atomic E-state index is 0.625. The molecule has 0 saturated carbocycles. The van der Waals surface area contributed by atoms with Crippen LogP contribution in [-0.4, -0.2) is 27.2 Å². The van der Waals surface area contributed by atoms with Crippen LogP contribution in [-0.2, 0) is 0 Å². The number of likely N-dealkylation sites (N-methyl/N-ethyl adjacent to an activating group) is 2. The lowest BCUT2D eigenvalue weighted by atomic mass is 10.6. The average Bonchev–Trinajstić information content (AvgIpc) is 1.61. The molecule has 0 unspecified atom stereocenters. The van der Waals surface area contributed by atoms with Crippen LogP contribution < -0.4 is 10.6 Å². The van der Waals surface area contributed by atoms with E-state index in [4.69, 9.17) is 2.82 Å². The molecule has 0 amide bonds. The largest absolute Gasteiger partial charge is 0.318 e. The number of nitrogens with one attached hydrogen (secondary N) is 2. The zero-order chi connectivity index (χ0) is 6.57. The molecular weight excluding hydrogens is 76.1 g/mol. The van der Waals surface area contributed by atoms with E-state index in [0.717, 1.165) is 0 Å². The topological polar surface area (TPSA) is 24.1 Å². The molecular formula is C4H12N2. The van der Waals surface area contributed by atoms with Crippen molar-refractivity contribution in [2.45, 2.75) is 0 Å². The Bertz CT molecular complexity index is 48.0. The van der Waals surface area contributed by atoms with E-state index < -0.39 is 0 Å². The van der Waals surface area contributed by atoms with Gasteiger partial charge in [-0.1, -0.05) is 0 Å². The Labute approximate surface area is 41.9 Å². The quantitative estimate of drug-likeness (QED) is 0.484. The van der Waals surface area contributed by atoms with Crippen molar-refractivity contribution in [2.24, 2.45) is 0 Å². The van der Waals surface area contributed by atoms with Crippen LogP contribution >= 0.6 is 0 Å². The number of hydrogen-bond acceptors (Lipinski definition) is 2. The van der Waals surface area contributed by atoms with Gasteiger partial charge in [-0.05, 0) is 14.1 Å². The van der Waals surface area contributed by atoms with Gasteiger partial charge in [0.2, 0.25) is 0 Å². The van der Waals surface area contributed by atoms with Gasteiger partial charge >= 0.3 is 0 Å². The van der Waals surface area contributed by atoms with E-state index >= 15 is 0 Å². The summed E-state index contributed by atoms with van der Waals surface area (Å²) in [5.74, 6) is 0. The molecule has 0 aromatic heterocycles. The van der Waals surface area contributed by atoms with Crippen LogP contribution in [0.4, 0.5) is 0 Å². The Balaban J connectivity index is 2.93. The second-order valence-electron chi connectivity index (χ2n) is 1.08. The fourth-order valence-corrected chi connectivity index (χ4v) is 0.200. The second-order valence-corrected chi connectivity index (χ2v) is 1.08. The van der Waals surface area contributed by atoms with Gasteiger partial charge in [-0.25, -0.2) is 0 Å². The van der Waals surface area contributed by atoms with E-state index in [0.29, 0.717) is 13.1 Å². The molecule has 6 heavy (non-hydrogen) atoms. The molecule has 0 aliphatic carbocycles. The molecule has 0 aliphatic rings. The first-order chi connectivity index (χ1) is 3.63. The molecule has 0 aliphatic heterocycles. The molecule has 0 spiro atoms.